The van der Waals surface area contributed by atoms with Crippen LogP contribution < -0.4 is 4.74 Å². The molecule has 4 rings (SSSR count). The second-order valence-corrected chi connectivity index (χ2v) is 14.0. The van der Waals surface area contributed by atoms with Crippen LogP contribution in [-0.2, 0) is 77.8 Å². The number of ether oxygens (including phenoxy) is 10. The van der Waals surface area contributed by atoms with E-state index < -0.39 is 103 Å². The summed E-state index contributed by atoms with van der Waals surface area (Å²) >= 11 is 0. The Bertz CT molecular complexity index is 1570. The van der Waals surface area contributed by atoms with E-state index in [1.165, 1.54) is 27.2 Å². The number of rotatable bonds is 15. The molecule has 1 aromatic carbocycles. The van der Waals surface area contributed by atoms with Crippen molar-refractivity contribution in [2.75, 3.05) is 13.7 Å². The third kappa shape index (κ3) is 12.5. The molecule has 0 spiro atoms. The molecule has 1 N–H and O–H groups in total. The first-order valence-electron chi connectivity index (χ1n) is 18.6. The van der Waals surface area contributed by atoms with Crippen LogP contribution in [0, 0.1) is 11.8 Å². The van der Waals surface area contributed by atoms with Crippen LogP contribution >= 0.6 is 0 Å². The quantitative estimate of drug-likeness (QED) is 0.153. The fourth-order valence-electron chi connectivity index (χ4n) is 7.33. The first kappa shape index (κ1) is 44.1. The minimum Gasteiger partial charge on any atom is -0.472 e. The maximum absolute atomic E-state index is 13.1. The Morgan fingerprint density at radius 1 is 0.768 bits per heavy atom. The molecule has 0 aliphatic carbocycles. The van der Waals surface area contributed by atoms with Gasteiger partial charge in [-0.25, -0.2) is 4.79 Å². The first-order valence-corrected chi connectivity index (χ1v) is 18.6. The van der Waals surface area contributed by atoms with Crippen molar-refractivity contribution in [2.24, 2.45) is 11.8 Å². The lowest BCUT2D eigenvalue weighted by molar-refractivity contribution is -0.344. The van der Waals surface area contributed by atoms with Gasteiger partial charge in [0.25, 0.3) is 0 Å². The minimum absolute atomic E-state index is 0.217. The Balaban J connectivity index is 1.58. The van der Waals surface area contributed by atoms with Crippen molar-refractivity contribution >= 4 is 35.8 Å². The highest BCUT2D eigenvalue weighted by Crippen LogP contribution is 2.41. The SMILES string of the molecule is CC[C@H]1[C@H](O[C@@H]2O[C@H](COC(C)=O)[C@@H](OC(C)=O)[C@H](OC(C)=O)[C@H]2OC(C)=O)OC=C(C(=O)OC)[C@H]1C[C@@H]1C[C@H](O)C[C@H](CCc2ccc(OC(C)=O)cc2)O1. The highest BCUT2D eigenvalue weighted by Gasteiger charge is 2.54. The molecule has 17 nitrogen and oxygen atoms in total. The van der Waals surface area contributed by atoms with Crippen molar-refractivity contribution in [3.63, 3.8) is 0 Å². The van der Waals surface area contributed by atoms with Gasteiger partial charge in [0.1, 0.15) is 18.5 Å². The van der Waals surface area contributed by atoms with E-state index in [4.69, 9.17) is 47.4 Å². The Morgan fingerprint density at radius 3 is 1.98 bits per heavy atom. The summed E-state index contributed by atoms with van der Waals surface area (Å²) in [5.41, 5.74) is 1.21. The van der Waals surface area contributed by atoms with Gasteiger partial charge in [0.15, 0.2) is 18.3 Å². The molecule has 3 aliphatic heterocycles. The third-order valence-corrected chi connectivity index (χ3v) is 9.62. The van der Waals surface area contributed by atoms with Gasteiger partial charge in [-0.1, -0.05) is 19.1 Å². The molecule has 0 amide bonds. The van der Waals surface area contributed by atoms with Crippen molar-refractivity contribution in [3.8, 4) is 5.75 Å². The zero-order valence-corrected chi connectivity index (χ0v) is 32.7. The summed E-state index contributed by atoms with van der Waals surface area (Å²) in [6.45, 7) is 7.26. The Labute approximate surface area is 325 Å². The zero-order valence-electron chi connectivity index (χ0n) is 32.7. The number of carbonyl (C=O) groups excluding carboxylic acids is 6. The number of carbonyl (C=O) groups is 6. The first-order chi connectivity index (χ1) is 26.6. The van der Waals surface area contributed by atoms with Crippen LogP contribution in [0.5, 0.6) is 5.75 Å². The number of hydrogen-bond donors (Lipinski definition) is 1. The van der Waals surface area contributed by atoms with Crippen molar-refractivity contribution in [1.29, 1.82) is 0 Å². The lowest BCUT2D eigenvalue weighted by atomic mass is 9.77. The molecule has 310 valence electrons. The van der Waals surface area contributed by atoms with Gasteiger partial charge >= 0.3 is 35.8 Å². The van der Waals surface area contributed by atoms with E-state index in [1.54, 1.807) is 12.1 Å². The highest BCUT2D eigenvalue weighted by molar-refractivity contribution is 5.88. The average Bonchev–Trinajstić information content (AvgIpc) is 3.11. The maximum Gasteiger partial charge on any atom is 0.337 e. The van der Waals surface area contributed by atoms with E-state index in [0.29, 0.717) is 37.9 Å². The van der Waals surface area contributed by atoms with Gasteiger partial charge in [-0.05, 0) is 56.2 Å². The van der Waals surface area contributed by atoms with E-state index >= 15 is 0 Å². The molecule has 11 atom stereocenters. The van der Waals surface area contributed by atoms with Gasteiger partial charge in [0.2, 0.25) is 12.6 Å². The van der Waals surface area contributed by atoms with Crippen molar-refractivity contribution in [2.45, 2.75) is 135 Å². The molecule has 56 heavy (non-hydrogen) atoms. The molecule has 2 fully saturated rings. The summed E-state index contributed by atoms with van der Waals surface area (Å²) in [6, 6.07) is 7.16. The topological polar surface area (TPSA) is 215 Å². The monoisotopic (exact) mass is 792 g/mol. The molecular formula is C39H52O17. The van der Waals surface area contributed by atoms with Crippen molar-refractivity contribution < 1.29 is 81.2 Å². The normalized spacial score (nSPS) is 30.1. The Morgan fingerprint density at radius 2 is 1.39 bits per heavy atom. The van der Waals surface area contributed by atoms with Crippen LogP contribution in [0.15, 0.2) is 36.1 Å². The van der Waals surface area contributed by atoms with Gasteiger partial charge < -0.3 is 52.5 Å². The van der Waals surface area contributed by atoms with Gasteiger partial charge in [0.05, 0.1) is 37.3 Å². The Kier molecular flexibility index (Phi) is 16.2. The largest absolute Gasteiger partial charge is 0.472 e. The molecule has 0 saturated carbocycles. The lowest BCUT2D eigenvalue weighted by Gasteiger charge is -2.46. The summed E-state index contributed by atoms with van der Waals surface area (Å²) in [4.78, 5) is 73.0. The van der Waals surface area contributed by atoms with Crippen LogP contribution in [0.3, 0.4) is 0 Å². The lowest BCUT2D eigenvalue weighted by Crippen LogP contribution is -2.63. The maximum atomic E-state index is 13.1. The number of hydrogen-bond acceptors (Lipinski definition) is 17. The summed E-state index contributed by atoms with van der Waals surface area (Å²) < 4.78 is 57.0. The molecule has 0 aromatic heterocycles. The zero-order chi connectivity index (χ0) is 41.1. The van der Waals surface area contributed by atoms with Crippen molar-refractivity contribution in [3.05, 3.63) is 41.7 Å². The minimum atomic E-state index is -1.52. The molecule has 3 aliphatic rings. The summed E-state index contributed by atoms with van der Waals surface area (Å²) in [7, 11) is 1.25. The molecule has 1 aromatic rings. The number of esters is 6. The molecule has 0 bridgehead atoms. The second-order valence-electron chi connectivity index (χ2n) is 14.0. The van der Waals surface area contributed by atoms with Gasteiger partial charge in [-0.2, -0.15) is 0 Å². The van der Waals surface area contributed by atoms with Gasteiger partial charge in [0, 0.05) is 46.5 Å². The summed E-state index contributed by atoms with van der Waals surface area (Å²) in [5.74, 6) is -4.80. The standard InChI is InChI=1S/C39H52O17/c1-8-30-31(17-29-16-26(45)15-28(54-29)14-11-25-9-12-27(13-10-25)50-21(3)41)32(37(46)47-7)18-49-38(30)56-39-36(53-24(6)44)35(52-23(5)43)34(51-22(4)42)33(55-39)19-48-20(2)40/h9-10,12-13,18,26,28-31,33-36,38-39,45H,8,11,14-17,19H2,1-7H3/t26-,28+,29+,30-,31+,33-,34-,35+,36-,38+,39+/m1/s1. The van der Waals surface area contributed by atoms with Crippen LogP contribution in [0.25, 0.3) is 0 Å². The number of aryl methyl sites for hydroxylation is 1. The fraction of sp³-hybridized carbons (Fsp3) is 0.641. The molecular weight excluding hydrogens is 740 g/mol. The predicted octanol–water partition coefficient (Wildman–Crippen LogP) is 3.00. The molecule has 17 heteroatoms. The van der Waals surface area contributed by atoms with Gasteiger partial charge in [-0.15, -0.1) is 0 Å². The van der Waals surface area contributed by atoms with Crippen LogP contribution in [0.4, 0.5) is 0 Å². The number of benzene rings is 1. The van der Waals surface area contributed by atoms with E-state index in [9.17, 15) is 33.9 Å². The van der Waals surface area contributed by atoms with Gasteiger partial charge in [-0.3, -0.25) is 24.0 Å². The summed E-state index contributed by atoms with van der Waals surface area (Å²) in [6.07, 6.45) is -5.85. The highest BCUT2D eigenvalue weighted by atomic mass is 16.8. The number of methoxy groups -OCH3 is 1. The van der Waals surface area contributed by atoms with E-state index in [0.717, 1.165) is 26.3 Å². The second kappa shape index (κ2) is 20.5. The number of aliphatic hydroxyl groups excluding tert-OH is 1. The van der Waals surface area contributed by atoms with Crippen LogP contribution in [0.1, 0.15) is 79.2 Å². The third-order valence-electron chi connectivity index (χ3n) is 9.62. The summed E-state index contributed by atoms with van der Waals surface area (Å²) in [5, 5.41) is 10.9. The molecule has 0 radical (unpaired) electrons. The molecule has 2 saturated heterocycles. The predicted molar refractivity (Wildman–Crippen MR) is 190 cm³/mol. The average molecular weight is 793 g/mol. The van der Waals surface area contributed by atoms with E-state index in [1.807, 2.05) is 19.1 Å². The number of aliphatic hydroxyl groups is 1. The molecule has 3 heterocycles. The fourth-order valence-corrected chi connectivity index (χ4v) is 7.33. The molecule has 0 unspecified atom stereocenters. The van der Waals surface area contributed by atoms with Crippen LogP contribution in [0.2, 0.25) is 0 Å². The van der Waals surface area contributed by atoms with E-state index in [-0.39, 0.29) is 18.1 Å². The van der Waals surface area contributed by atoms with Crippen molar-refractivity contribution in [1.82, 2.24) is 0 Å². The smallest absolute Gasteiger partial charge is 0.337 e. The van der Waals surface area contributed by atoms with E-state index in [2.05, 4.69) is 0 Å². The Hall–Kier alpha value is -4.58. The van der Waals surface area contributed by atoms with Crippen LogP contribution in [-0.4, -0.2) is 110 Å².